The molecule has 0 radical (unpaired) electrons. The van der Waals surface area contributed by atoms with Crippen molar-refractivity contribution in [1.29, 1.82) is 0 Å². The molecule has 0 aliphatic heterocycles. The highest BCUT2D eigenvalue weighted by Crippen LogP contribution is 2.24. The van der Waals surface area contributed by atoms with E-state index in [1.165, 1.54) is 5.56 Å². The third kappa shape index (κ3) is 5.58. The van der Waals surface area contributed by atoms with E-state index in [9.17, 15) is 9.59 Å². The van der Waals surface area contributed by atoms with E-state index < -0.39 is 0 Å². The van der Waals surface area contributed by atoms with Crippen molar-refractivity contribution in [3.05, 3.63) is 114 Å². The van der Waals surface area contributed by atoms with Gasteiger partial charge in [0.15, 0.2) is 5.78 Å². The number of carbonyl (C=O) groups excluding carboxylic acids is 2. The molecule has 3 aromatic carbocycles. The van der Waals surface area contributed by atoms with E-state index in [4.69, 9.17) is 0 Å². The number of carbonyl (C=O) groups is 2. The van der Waals surface area contributed by atoms with Crippen LogP contribution in [0.5, 0.6) is 0 Å². The number of ketones is 1. The van der Waals surface area contributed by atoms with Crippen molar-refractivity contribution < 1.29 is 9.59 Å². The lowest BCUT2D eigenvalue weighted by atomic mass is 9.98. The Hall–Kier alpha value is -3.99. The van der Waals surface area contributed by atoms with Crippen molar-refractivity contribution >= 4 is 11.7 Å². The fourth-order valence-electron chi connectivity index (χ4n) is 3.60. The van der Waals surface area contributed by atoms with Crippen LogP contribution in [-0.2, 0) is 17.9 Å². The van der Waals surface area contributed by atoms with Crippen molar-refractivity contribution in [1.82, 2.24) is 15.1 Å². The lowest BCUT2D eigenvalue weighted by Gasteiger charge is -2.12. The summed E-state index contributed by atoms with van der Waals surface area (Å²) < 4.78 is 1.89. The van der Waals surface area contributed by atoms with Gasteiger partial charge in [0.25, 0.3) is 0 Å². The normalized spacial score (nSPS) is 10.6. The fourth-order valence-corrected chi connectivity index (χ4v) is 3.60. The third-order valence-electron chi connectivity index (χ3n) is 5.34. The zero-order valence-corrected chi connectivity index (χ0v) is 17.8. The van der Waals surface area contributed by atoms with Crippen LogP contribution >= 0.6 is 0 Å². The van der Waals surface area contributed by atoms with Crippen molar-refractivity contribution in [3.8, 4) is 11.1 Å². The summed E-state index contributed by atoms with van der Waals surface area (Å²) in [6, 6.07) is 27.4. The van der Waals surface area contributed by atoms with Gasteiger partial charge in [-0.3, -0.25) is 14.3 Å². The molecule has 5 heteroatoms. The van der Waals surface area contributed by atoms with Crippen LogP contribution in [0.3, 0.4) is 0 Å². The van der Waals surface area contributed by atoms with Crippen LogP contribution in [0.2, 0.25) is 0 Å². The molecule has 0 unspecified atom stereocenters. The molecule has 1 amide bonds. The summed E-state index contributed by atoms with van der Waals surface area (Å²) in [6.45, 7) is 1.15. The van der Waals surface area contributed by atoms with Crippen LogP contribution in [0.1, 0.15) is 34.3 Å². The second-order valence-electron chi connectivity index (χ2n) is 7.62. The first-order valence-electron chi connectivity index (χ1n) is 10.7. The standard InChI is InChI=1S/C27H25N3O2/c31-26(23-7-2-1-3-8-23)15-16-27(32)28-19-24-9-4-5-10-25(24)22-13-11-21(12-14-22)20-30-18-6-17-29-30/h1-14,17-18H,15-16,19-20H2,(H,28,32). The number of Topliss-reactive ketones (excluding diaryl/α,β-unsaturated/α-hetero) is 1. The Kier molecular flexibility index (Phi) is 6.88. The third-order valence-corrected chi connectivity index (χ3v) is 5.34. The largest absolute Gasteiger partial charge is 0.352 e. The minimum atomic E-state index is -0.126. The van der Waals surface area contributed by atoms with Crippen molar-refractivity contribution in [3.63, 3.8) is 0 Å². The molecule has 0 atom stereocenters. The van der Waals surface area contributed by atoms with E-state index in [2.05, 4.69) is 40.7 Å². The summed E-state index contributed by atoms with van der Waals surface area (Å²) in [5, 5.41) is 7.20. The highest BCUT2D eigenvalue weighted by atomic mass is 16.2. The highest BCUT2D eigenvalue weighted by Gasteiger charge is 2.10. The first-order valence-corrected chi connectivity index (χ1v) is 10.7. The minimum absolute atomic E-state index is 0.0173. The Morgan fingerprint density at radius 2 is 1.56 bits per heavy atom. The lowest BCUT2D eigenvalue weighted by molar-refractivity contribution is -0.121. The van der Waals surface area contributed by atoms with Crippen molar-refractivity contribution in [2.24, 2.45) is 0 Å². The molecular weight excluding hydrogens is 398 g/mol. The van der Waals surface area contributed by atoms with Crippen LogP contribution in [0.4, 0.5) is 0 Å². The number of rotatable bonds is 9. The maximum Gasteiger partial charge on any atom is 0.220 e. The molecule has 1 aromatic heterocycles. The van der Waals surface area contributed by atoms with Crippen LogP contribution in [0.25, 0.3) is 11.1 Å². The van der Waals surface area contributed by atoms with Crippen LogP contribution < -0.4 is 5.32 Å². The first-order chi connectivity index (χ1) is 15.7. The Morgan fingerprint density at radius 3 is 2.31 bits per heavy atom. The summed E-state index contributed by atoms with van der Waals surface area (Å²) >= 11 is 0. The van der Waals surface area contributed by atoms with Gasteiger partial charge in [0.1, 0.15) is 0 Å². The van der Waals surface area contributed by atoms with Crippen LogP contribution in [0, 0.1) is 0 Å². The fraction of sp³-hybridized carbons (Fsp3) is 0.148. The number of benzene rings is 3. The molecule has 4 rings (SSSR count). The molecule has 0 saturated heterocycles. The average molecular weight is 424 g/mol. The molecule has 5 nitrogen and oxygen atoms in total. The number of hydrogen-bond acceptors (Lipinski definition) is 3. The number of hydrogen-bond donors (Lipinski definition) is 1. The summed E-state index contributed by atoms with van der Waals surface area (Å²) in [7, 11) is 0. The topological polar surface area (TPSA) is 64.0 Å². The summed E-state index contributed by atoms with van der Waals surface area (Å²) in [4.78, 5) is 24.5. The number of nitrogens with zero attached hydrogens (tertiary/aromatic N) is 2. The average Bonchev–Trinajstić information content (AvgIpc) is 3.35. The number of amides is 1. The van der Waals surface area contributed by atoms with E-state index in [0.717, 1.165) is 23.2 Å². The van der Waals surface area contributed by atoms with E-state index in [1.807, 2.05) is 53.3 Å². The van der Waals surface area contributed by atoms with Crippen molar-refractivity contribution in [2.75, 3.05) is 0 Å². The minimum Gasteiger partial charge on any atom is -0.352 e. The smallest absolute Gasteiger partial charge is 0.220 e. The van der Waals surface area contributed by atoms with E-state index in [0.29, 0.717) is 12.1 Å². The Morgan fingerprint density at radius 1 is 0.812 bits per heavy atom. The molecule has 160 valence electrons. The maximum absolute atomic E-state index is 12.3. The van der Waals surface area contributed by atoms with E-state index in [1.54, 1.807) is 18.3 Å². The van der Waals surface area contributed by atoms with Crippen molar-refractivity contribution in [2.45, 2.75) is 25.9 Å². The highest BCUT2D eigenvalue weighted by molar-refractivity contribution is 5.97. The molecule has 1 N–H and O–H groups in total. The van der Waals surface area contributed by atoms with Gasteiger partial charge in [0.05, 0.1) is 6.54 Å². The molecule has 0 aliphatic carbocycles. The van der Waals surface area contributed by atoms with Gasteiger partial charge in [-0.1, -0.05) is 78.9 Å². The lowest BCUT2D eigenvalue weighted by Crippen LogP contribution is -2.23. The van der Waals surface area contributed by atoms with Crippen LogP contribution in [-0.4, -0.2) is 21.5 Å². The molecular formula is C27H25N3O2. The van der Waals surface area contributed by atoms with Gasteiger partial charge in [-0.05, 0) is 28.3 Å². The second kappa shape index (κ2) is 10.4. The monoisotopic (exact) mass is 423 g/mol. The molecule has 4 aromatic rings. The van der Waals surface area contributed by atoms with Gasteiger partial charge < -0.3 is 5.32 Å². The van der Waals surface area contributed by atoms with Crippen LogP contribution in [0.15, 0.2) is 97.3 Å². The zero-order valence-electron chi connectivity index (χ0n) is 17.8. The molecule has 0 bridgehead atoms. The molecule has 0 saturated carbocycles. The molecule has 0 aliphatic rings. The van der Waals surface area contributed by atoms with E-state index >= 15 is 0 Å². The molecule has 0 fully saturated rings. The summed E-state index contributed by atoms with van der Waals surface area (Å²) in [5.41, 5.74) is 5.03. The van der Waals surface area contributed by atoms with Gasteiger partial charge in [-0.25, -0.2) is 0 Å². The quantitative estimate of drug-likeness (QED) is 0.390. The Labute approximate surface area is 187 Å². The first kappa shape index (κ1) is 21.2. The Balaban J connectivity index is 1.35. The Bertz CT molecular complexity index is 1170. The molecule has 1 heterocycles. The maximum atomic E-state index is 12.3. The van der Waals surface area contributed by atoms with Gasteiger partial charge in [0, 0.05) is 37.3 Å². The van der Waals surface area contributed by atoms with E-state index in [-0.39, 0.29) is 24.5 Å². The zero-order chi connectivity index (χ0) is 22.2. The van der Waals surface area contributed by atoms with Gasteiger partial charge >= 0.3 is 0 Å². The van der Waals surface area contributed by atoms with Gasteiger partial charge in [-0.2, -0.15) is 5.10 Å². The predicted octanol–water partition coefficient (Wildman–Crippen LogP) is 4.88. The number of aromatic nitrogens is 2. The van der Waals surface area contributed by atoms with Gasteiger partial charge in [0.2, 0.25) is 5.91 Å². The SMILES string of the molecule is O=C(CCC(=O)c1ccccc1)NCc1ccccc1-c1ccc(Cn2cccn2)cc1. The second-order valence-corrected chi connectivity index (χ2v) is 7.62. The molecule has 0 spiro atoms. The molecule has 32 heavy (non-hydrogen) atoms. The predicted molar refractivity (Wildman–Crippen MR) is 125 cm³/mol. The summed E-state index contributed by atoms with van der Waals surface area (Å²) in [6.07, 6.45) is 4.10. The van der Waals surface area contributed by atoms with Gasteiger partial charge in [-0.15, -0.1) is 0 Å². The number of nitrogens with one attached hydrogen (secondary N) is 1. The summed E-state index contributed by atoms with van der Waals surface area (Å²) in [5.74, 6) is -0.144.